The van der Waals surface area contributed by atoms with Crippen molar-refractivity contribution < 1.29 is 14.3 Å². The van der Waals surface area contributed by atoms with Gasteiger partial charge in [0.05, 0.1) is 12.1 Å². The predicted octanol–water partition coefficient (Wildman–Crippen LogP) is 2.64. The SMILES string of the molecule is Cc1cc(-c2nc(N3CCN(C)CC3)sc2CC(=O)O)ccc1F. The van der Waals surface area contributed by atoms with Gasteiger partial charge in [0.2, 0.25) is 0 Å². The second kappa shape index (κ2) is 6.86. The lowest BCUT2D eigenvalue weighted by atomic mass is 10.1. The molecule has 7 heteroatoms. The van der Waals surface area contributed by atoms with Gasteiger partial charge in [-0.3, -0.25) is 4.79 Å². The van der Waals surface area contributed by atoms with E-state index in [0.29, 0.717) is 16.1 Å². The number of carbonyl (C=O) groups is 1. The maximum absolute atomic E-state index is 13.5. The van der Waals surface area contributed by atoms with Gasteiger partial charge < -0.3 is 14.9 Å². The van der Waals surface area contributed by atoms with Crippen molar-refractivity contribution in [3.8, 4) is 11.3 Å². The molecule has 2 heterocycles. The zero-order chi connectivity index (χ0) is 17.3. The first kappa shape index (κ1) is 16.9. The topological polar surface area (TPSA) is 56.7 Å². The summed E-state index contributed by atoms with van der Waals surface area (Å²) < 4.78 is 13.5. The fraction of sp³-hybridized carbons (Fsp3) is 0.412. The van der Waals surface area contributed by atoms with E-state index in [4.69, 9.17) is 4.98 Å². The van der Waals surface area contributed by atoms with Crippen LogP contribution in [0.5, 0.6) is 0 Å². The summed E-state index contributed by atoms with van der Waals surface area (Å²) in [5, 5.41) is 10.0. The third-order valence-corrected chi connectivity index (χ3v) is 5.32. The number of halogens is 1. The Hall–Kier alpha value is -1.99. The summed E-state index contributed by atoms with van der Waals surface area (Å²) in [6.45, 7) is 5.36. The number of rotatable bonds is 4. The average Bonchev–Trinajstić information content (AvgIpc) is 2.94. The van der Waals surface area contributed by atoms with E-state index in [1.165, 1.54) is 17.4 Å². The molecule has 1 aromatic carbocycles. The number of aromatic nitrogens is 1. The van der Waals surface area contributed by atoms with Gasteiger partial charge in [-0.1, -0.05) is 0 Å². The van der Waals surface area contributed by atoms with Gasteiger partial charge in [0.15, 0.2) is 5.13 Å². The zero-order valence-electron chi connectivity index (χ0n) is 13.8. The van der Waals surface area contributed by atoms with Gasteiger partial charge in [0.1, 0.15) is 5.82 Å². The maximum Gasteiger partial charge on any atom is 0.308 e. The van der Waals surface area contributed by atoms with E-state index in [9.17, 15) is 14.3 Å². The summed E-state index contributed by atoms with van der Waals surface area (Å²) >= 11 is 1.42. The van der Waals surface area contributed by atoms with Crippen molar-refractivity contribution in [2.45, 2.75) is 13.3 Å². The summed E-state index contributed by atoms with van der Waals surface area (Å²) in [6.07, 6.45) is -0.0723. The van der Waals surface area contributed by atoms with Crippen molar-refractivity contribution in [1.82, 2.24) is 9.88 Å². The van der Waals surface area contributed by atoms with Crippen LogP contribution in [0.4, 0.5) is 9.52 Å². The quantitative estimate of drug-likeness (QED) is 0.920. The third-order valence-electron chi connectivity index (χ3n) is 4.20. The molecule has 1 aliphatic rings. The minimum Gasteiger partial charge on any atom is -0.481 e. The molecule has 128 valence electrons. The number of aliphatic carboxylic acids is 1. The minimum absolute atomic E-state index is 0.0723. The van der Waals surface area contributed by atoms with Crippen molar-refractivity contribution in [2.24, 2.45) is 0 Å². The molecule has 0 bridgehead atoms. The van der Waals surface area contributed by atoms with Crippen LogP contribution < -0.4 is 4.90 Å². The lowest BCUT2D eigenvalue weighted by molar-refractivity contribution is -0.136. The predicted molar refractivity (Wildman–Crippen MR) is 93.3 cm³/mol. The monoisotopic (exact) mass is 349 g/mol. The Bertz CT molecular complexity index is 754. The van der Waals surface area contributed by atoms with Crippen LogP contribution in [0.3, 0.4) is 0 Å². The van der Waals surface area contributed by atoms with Gasteiger partial charge in [-0.05, 0) is 37.7 Å². The molecule has 1 N–H and O–H groups in total. The molecule has 1 fully saturated rings. The number of piperazine rings is 1. The standard InChI is InChI=1S/C17H20FN3O2S/c1-11-9-12(3-4-13(11)18)16-14(10-15(22)23)24-17(19-16)21-7-5-20(2)6-8-21/h3-4,9H,5-8,10H2,1-2H3,(H,22,23). The highest BCUT2D eigenvalue weighted by atomic mass is 32.1. The number of hydrogen-bond donors (Lipinski definition) is 1. The number of carboxylic acids is 1. The number of aryl methyl sites for hydroxylation is 1. The minimum atomic E-state index is -0.885. The second-order valence-electron chi connectivity index (χ2n) is 6.09. The van der Waals surface area contributed by atoms with E-state index in [1.807, 2.05) is 0 Å². The number of likely N-dealkylation sites (N-methyl/N-ethyl adjacent to an activating group) is 1. The molecular formula is C17H20FN3O2S. The first-order chi connectivity index (χ1) is 11.4. The van der Waals surface area contributed by atoms with Crippen LogP contribution in [0.15, 0.2) is 18.2 Å². The normalized spacial score (nSPS) is 15.7. The fourth-order valence-electron chi connectivity index (χ4n) is 2.75. The first-order valence-electron chi connectivity index (χ1n) is 7.85. The summed E-state index contributed by atoms with van der Waals surface area (Å²) in [6, 6.07) is 4.80. The Morgan fingerprint density at radius 2 is 2.04 bits per heavy atom. The molecule has 1 aliphatic heterocycles. The molecule has 0 atom stereocenters. The van der Waals surface area contributed by atoms with E-state index < -0.39 is 5.97 Å². The highest BCUT2D eigenvalue weighted by molar-refractivity contribution is 7.16. The van der Waals surface area contributed by atoms with Gasteiger partial charge in [-0.2, -0.15) is 0 Å². The van der Waals surface area contributed by atoms with Crippen molar-refractivity contribution >= 4 is 22.4 Å². The van der Waals surface area contributed by atoms with E-state index in [1.54, 1.807) is 19.1 Å². The van der Waals surface area contributed by atoms with Crippen LogP contribution >= 0.6 is 11.3 Å². The van der Waals surface area contributed by atoms with Gasteiger partial charge in [0.25, 0.3) is 0 Å². The summed E-state index contributed by atoms with van der Waals surface area (Å²) in [7, 11) is 2.09. The van der Waals surface area contributed by atoms with E-state index in [-0.39, 0.29) is 12.2 Å². The van der Waals surface area contributed by atoms with Gasteiger partial charge in [0, 0.05) is 36.6 Å². The van der Waals surface area contributed by atoms with Crippen LogP contribution in [-0.4, -0.2) is 54.2 Å². The Balaban J connectivity index is 1.97. The molecule has 1 saturated heterocycles. The lowest BCUT2D eigenvalue weighted by Crippen LogP contribution is -2.44. The molecular weight excluding hydrogens is 329 g/mol. The number of benzene rings is 1. The molecule has 5 nitrogen and oxygen atoms in total. The molecule has 0 unspecified atom stereocenters. The van der Waals surface area contributed by atoms with Gasteiger partial charge in [-0.25, -0.2) is 9.37 Å². The number of anilines is 1. The van der Waals surface area contributed by atoms with Crippen molar-refractivity contribution in [3.63, 3.8) is 0 Å². The van der Waals surface area contributed by atoms with Crippen LogP contribution in [0.2, 0.25) is 0 Å². The summed E-state index contributed by atoms with van der Waals surface area (Å²) in [5.41, 5.74) is 1.95. The van der Waals surface area contributed by atoms with Crippen LogP contribution in [0.1, 0.15) is 10.4 Å². The Labute approximate surface area is 144 Å². The number of nitrogens with zero attached hydrogens (tertiary/aromatic N) is 3. The molecule has 24 heavy (non-hydrogen) atoms. The zero-order valence-corrected chi connectivity index (χ0v) is 14.6. The lowest BCUT2D eigenvalue weighted by Gasteiger charge is -2.32. The Morgan fingerprint density at radius 3 is 2.67 bits per heavy atom. The molecule has 0 spiro atoms. The molecule has 0 saturated carbocycles. The highest BCUT2D eigenvalue weighted by Crippen LogP contribution is 2.34. The fourth-order valence-corrected chi connectivity index (χ4v) is 3.87. The average molecular weight is 349 g/mol. The molecule has 1 aromatic heterocycles. The van der Waals surface area contributed by atoms with E-state index in [0.717, 1.165) is 36.9 Å². The Morgan fingerprint density at radius 1 is 1.33 bits per heavy atom. The van der Waals surface area contributed by atoms with Crippen molar-refractivity contribution in [1.29, 1.82) is 0 Å². The van der Waals surface area contributed by atoms with Gasteiger partial charge >= 0.3 is 5.97 Å². The van der Waals surface area contributed by atoms with Crippen LogP contribution in [0.25, 0.3) is 11.3 Å². The largest absolute Gasteiger partial charge is 0.481 e. The Kier molecular flexibility index (Phi) is 4.82. The van der Waals surface area contributed by atoms with Crippen molar-refractivity contribution in [2.75, 3.05) is 38.1 Å². The molecule has 2 aromatic rings. The smallest absolute Gasteiger partial charge is 0.308 e. The number of carboxylic acid groups (broad SMARTS) is 1. The number of thiazole rings is 1. The van der Waals surface area contributed by atoms with Crippen LogP contribution in [0, 0.1) is 12.7 Å². The molecule has 0 radical (unpaired) electrons. The maximum atomic E-state index is 13.5. The van der Waals surface area contributed by atoms with Crippen LogP contribution in [-0.2, 0) is 11.2 Å². The highest BCUT2D eigenvalue weighted by Gasteiger charge is 2.22. The van der Waals surface area contributed by atoms with Crippen molar-refractivity contribution in [3.05, 3.63) is 34.5 Å². The second-order valence-corrected chi connectivity index (χ2v) is 7.16. The summed E-state index contributed by atoms with van der Waals surface area (Å²) in [5.74, 6) is -1.16. The van der Waals surface area contributed by atoms with E-state index in [2.05, 4.69) is 16.8 Å². The summed E-state index contributed by atoms with van der Waals surface area (Å²) in [4.78, 5) is 21.1. The van der Waals surface area contributed by atoms with E-state index >= 15 is 0 Å². The molecule has 3 rings (SSSR count). The molecule has 0 aliphatic carbocycles. The third kappa shape index (κ3) is 3.57. The number of hydrogen-bond acceptors (Lipinski definition) is 5. The van der Waals surface area contributed by atoms with Gasteiger partial charge in [-0.15, -0.1) is 11.3 Å². The molecule has 0 amide bonds. The first-order valence-corrected chi connectivity index (χ1v) is 8.67.